The first kappa shape index (κ1) is 42.3. The van der Waals surface area contributed by atoms with Crippen molar-refractivity contribution in [3.05, 3.63) is 123 Å². The molecule has 4 aromatic rings. The Morgan fingerprint density at radius 2 is 1.21 bits per heavy atom. The van der Waals surface area contributed by atoms with Crippen LogP contribution in [0, 0.1) is 54.1 Å². The number of hydrogen-bond donors (Lipinski definition) is 3. The Bertz CT molecular complexity index is 1680. The van der Waals surface area contributed by atoms with E-state index in [0.29, 0.717) is 23.5 Å². The van der Waals surface area contributed by atoms with Crippen LogP contribution in [0.4, 0.5) is 17.1 Å². The number of phenolic OH excluding ortho intramolecular Hbond substituents is 1. The second-order valence-corrected chi connectivity index (χ2v) is 16.3. The van der Waals surface area contributed by atoms with Gasteiger partial charge in [0.05, 0.1) is 6.10 Å². The number of aliphatic hydroxyl groups excluding tert-OH is 1. The molecule has 287 valence electrons. The third-order valence-corrected chi connectivity index (χ3v) is 11.1. The summed E-state index contributed by atoms with van der Waals surface area (Å²) in [7, 11) is 0. The van der Waals surface area contributed by atoms with Crippen molar-refractivity contribution in [3.8, 4) is 5.75 Å². The average Bonchev–Trinajstić information content (AvgIpc) is 3.56. The van der Waals surface area contributed by atoms with Gasteiger partial charge >= 0.3 is 63.1 Å². The number of para-hydroxylation sites is 2. The van der Waals surface area contributed by atoms with Crippen LogP contribution in [-0.4, -0.2) is 40.6 Å². The van der Waals surface area contributed by atoms with Crippen LogP contribution in [0.1, 0.15) is 115 Å². The monoisotopic (exact) mass is 804 g/mol. The van der Waals surface area contributed by atoms with Crippen LogP contribution in [0.15, 0.2) is 66.7 Å². The molecule has 2 aliphatic rings. The van der Waals surface area contributed by atoms with Gasteiger partial charge in [-0.15, -0.1) is 0 Å². The normalized spacial score (nSPS) is 16.9. The second-order valence-electron chi connectivity index (χ2n) is 15.8. The van der Waals surface area contributed by atoms with Gasteiger partial charge in [0.2, 0.25) is 0 Å². The van der Waals surface area contributed by atoms with Crippen molar-refractivity contribution in [1.29, 1.82) is 0 Å². The van der Waals surface area contributed by atoms with Gasteiger partial charge in [-0.05, 0) is 99.6 Å². The third-order valence-electron chi connectivity index (χ3n) is 10.5. The summed E-state index contributed by atoms with van der Waals surface area (Å²) in [5.41, 5.74) is 15.8. The molecule has 1 aliphatic heterocycles. The maximum absolute atomic E-state index is 10.2. The van der Waals surface area contributed by atoms with E-state index in [4.69, 9.17) is 5.11 Å². The number of anilines is 3. The first-order valence-corrected chi connectivity index (χ1v) is 20.5. The van der Waals surface area contributed by atoms with Gasteiger partial charge in [0.15, 0.2) is 0 Å². The van der Waals surface area contributed by atoms with E-state index < -0.39 is 0 Å². The first-order chi connectivity index (χ1) is 25.2. The number of aliphatic hydroxyl groups is 1. The molecule has 3 N–H and O–H groups in total. The molecule has 2 fully saturated rings. The van der Waals surface area contributed by atoms with Crippen molar-refractivity contribution in [1.82, 2.24) is 0 Å². The summed E-state index contributed by atoms with van der Waals surface area (Å²) in [4.78, 5) is 4.81. The number of nitrogens with one attached hydrogen (secondary N) is 1. The number of nitrogens with zero attached hydrogens (tertiary/aromatic N) is 2. The molecule has 0 amide bonds. The maximum atomic E-state index is 10.2. The minimum absolute atomic E-state index is 0.125. The Labute approximate surface area is 331 Å². The summed E-state index contributed by atoms with van der Waals surface area (Å²) in [5, 5.41) is 22.9. The first-order valence-electron chi connectivity index (χ1n) is 19.5. The Morgan fingerprint density at radius 3 is 1.62 bits per heavy atom. The van der Waals surface area contributed by atoms with E-state index >= 15 is 0 Å². The number of phenols is 1. The van der Waals surface area contributed by atoms with E-state index in [1.165, 1.54) is 74.4 Å². The van der Waals surface area contributed by atoms with Gasteiger partial charge in [0.1, 0.15) is 0 Å². The molecule has 2 unspecified atom stereocenters. The summed E-state index contributed by atoms with van der Waals surface area (Å²) in [6.07, 6.45) is 4.42. The molecule has 1 saturated heterocycles. The van der Waals surface area contributed by atoms with Crippen LogP contribution >= 0.6 is 0 Å². The number of aromatic hydroxyl groups is 1. The van der Waals surface area contributed by atoms with Crippen LogP contribution in [0.2, 0.25) is 0 Å². The Hall–Kier alpha value is -3.47. The molecule has 0 bridgehead atoms. The van der Waals surface area contributed by atoms with Crippen LogP contribution in [0.5, 0.6) is 5.75 Å². The Morgan fingerprint density at radius 1 is 0.736 bits per heavy atom. The van der Waals surface area contributed by atoms with Crippen molar-refractivity contribution >= 4 is 21.7 Å². The van der Waals surface area contributed by atoms with E-state index in [9.17, 15) is 5.11 Å². The molecule has 1 saturated carbocycles. The molecule has 1 aliphatic carbocycles. The van der Waals surface area contributed by atoms with E-state index in [1.807, 2.05) is 12.1 Å². The molecule has 4 aromatic carbocycles. The van der Waals surface area contributed by atoms with Crippen molar-refractivity contribution in [2.24, 2.45) is 5.92 Å². The summed E-state index contributed by atoms with van der Waals surface area (Å²) in [6.45, 7) is 27.5. The molecule has 0 radical (unpaired) electrons. The van der Waals surface area contributed by atoms with E-state index in [0.717, 1.165) is 38.0 Å². The molecule has 6 rings (SSSR count). The standard InChI is InChI=1S/C21H27N2.C19H31NO.C7H6O.Ru/c1-14-9-16(3)20(17(4)10-14)22-7-8-23(13-22)21-18(5)11-15(2)12-19(21)6;1-13(2)16-9-7-10-17(14(3)4)19(16)20-12-15-8-5-6-11-18(15)21;1-6-4-2-3-5-7(6)8;/h9-13H,7-8H2,1-6H3;7,9-10,13-15,18,20-21H,5-6,8,11-12H2,1-4H3;1-5,8H;/q-1;;;+1. The zero-order chi connectivity index (χ0) is 38.8. The Balaban J connectivity index is 0.000000193. The third kappa shape index (κ3) is 11.3. The predicted molar refractivity (Wildman–Crippen MR) is 225 cm³/mol. The van der Waals surface area contributed by atoms with Gasteiger partial charge in [0, 0.05) is 42.6 Å². The van der Waals surface area contributed by atoms with Gasteiger partial charge < -0.3 is 20.2 Å². The van der Waals surface area contributed by atoms with Gasteiger partial charge in [-0.1, -0.05) is 94.1 Å². The Kier molecular flexibility index (Phi) is 15.7. The van der Waals surface area contributed by atoms with Crippen molar-refractivity contribution in [2.45, 2.75) is 113 Å². The van der Waals surface area contributed by atoms with Crippen LogP contribution in [0.3, 0.4) is 0 Å². The molecular weight excluding hydrogens is 740 g/mol. The molecular formula is C47H64N3O2Ru. The number of aryl methyl sites for hydroxylation is 6. The topological polar surface area (TPSA) is 59.0 Å². The summed E-state index contributed by atoms with van der Waals surface area (Å²) in [6, 6.07) is 23.0. The average molecular weight is 804 g/mol. The zero-order valence-corrected chi connectivity index (χ0v) is 35.6. The number of hydrogen-bond acceptors (Lipinski definition) is 5. The molecule has 5 nitrogen and oxygen atoms in total. The molecule has 6 heteroatoms. The number of benzene rings is 4. The van der Waals surface area contributed by atoms with Crippen molar-refractivity contribution in [2.75, 3.05) is 34.8 Å². The molecule has 1 heterocycles. The quantitative estimate of drug-likeness (QED) is 0.122. The fourth-order valence-electron chi connectivity index (χ4n) is 8.08. The molecule has 0 aromatic heterocycles. The van der Waals surface area contributed by atoms with Gasteiger partial charge in [-0.3, -0.25) is 0 Å². The number of rotatable bonds is 8. The van der Waals surface area contributed by atoms with Crippen molar-refractivity contribution in [3.63, 3.8) is 0 Å². The van der Waals surface area contributed by atoms with E-state index in [2.05, 4.69) is 151 Å². The summed E-state index contributed by atoms with van der Waals surface area (Å²) >= 11 is 2.36. The van der Waals surface area contributed by atoms with Crippen LogP contribution in [-0.2, 0) is 17.9 Å². The predicted octanol–water partition coefficient (Wildman–Crippen LogP) is 11.0. The van der Waals surface area contributed by atoms with E-state index in [1.54, 1.807) is 16.7 Å². The van der Waals surface area contributed by atoms with Gasteiger partial charge in [-0.2, -0.15) is 6.67 Å². The zero-order valence-electron chi connectivity index (χ0n) is 33.9. The summed E-state index contributed by atoms with van der Waals surface area (Å²) in [5.74, 6) is 1.76. The summed E-state index contributed by atoms with van der Waals surface area (Å²) < 4.78 is 1.80. The molecule has 53 heavy (non-hydrogen) atoms. The van der Waals surface area contributed by atoms with Crippen LogP contribution in [0.25, 0.3) is 0 Å². The minimum atomic E-state index is -0.125. The fourth-order valence-corrected chi connectivity index (χ4v) is 8.50. The van der Waals surface area contributed by atoms with Gasteiger partial charge in [-0.25, -0.2) is 0 Å². The second kappa shape index (κ2) is 19.7. The van der Waals surface area contributed by atoms with Crippen molar-refractivity contribution < 1.29 is 28.1 Å². The SMILES string of the molecule is CC(C)c1cccc(C(C)C)c1NCC1CCCCC1O.Cc1cc(C)c(N2[CH-]N(c3c(C)cc(C)cc3C)CC2)c(C)c1.Oc1ccccc1[CH]=[Ru+]. The van der Waals surface area contributed by atoms with Crippen LogP contribution < -0.4 is 15.1 Å². The van der Waals surface area contributed by atoms with E-state index in [-0.39, 0.29) is 6.10 Å². The molecule has 0 spiro atoms. The van der Waals surface area contributed by atoms with Gasteiger partial charge in [0.25, 0.3) is 0 Å². The molecule has 2 atom stereocenters. The fraction of sp³-hybridized carbons (Fsp3) is 0.447.